The average Bonchev–Trinajstić information content (AvgIpc) is 3.24. The van der Waals surface area contributed by atoms with Crippen molar-refractivity contribution in [2.24, 2.45) is 5.73 Å². The molecular weight excluding hydrogens is 770 g/mol. The van der Waals surface area contributed by atoms with E-state index >= 15 is 0 Å². The van der Waals surface area contributed by atoms with E-state index in [0.29, 0.717) is 13.0 Å². The lowest BCUT2D eigenvalue weighted by molar-refractivity contribution is -0.154. The second-order valence-corrected chi connectivity index (χ2v) is 17.0. The third kappa shape index (κ3) is 46.7. The smallest absolute Gasteiger partial charge is 0.457 e. The lowest BCUT2D eigenvalue weighted by Gasteiger charge is -2.20. The summed E-state index contributed by atoms with van der Waals surface area (Å²) < 4.78 is 33.5. The third-order valence-corrected chi connectivity index (χ3v) is 10.8. The highest BCUT2D eigenvalue weighted by Crippen LogP contribution is 2.43. The maximum absolute atomic E-state index is 12.6. The van der Waals surface area contributed by atoms with E-state index in [2.05, 4.69) is 98.9 Å². The van der Waals surface area contributed by atoms with Crippen LogP contribution in [0.25, 0.3) is 0 Å². The van der Waals surface area contributed by atoms with E-state index < -0.39 is 13.9 Å². The molecule has 2 unspecified atom stereocenters. The fraction of sp³-hybridized carbons (Fsp3) is 0.706. The van der Waals surface area contributed by atoms with Gasteiger partial charge in [0.1, 0.15) is 6.10 Å². The highest BCUT2D eigenvalue weighted by atomic mass is 31.2. The molecule has 0 aromatic heterocycles. The van der Waals surface area contributed by atoms with Crippen molar-refractivity contribution in [3.8, 4) is 0 Å². The van der Waals surface area contributed by atoms with Crippen molar-refractivity contribution in [3.05, 3.63) is 85.1 Å². The minimum absolute atomic E-state index is 0.0942. The number of hydrogen-bond acceptors (Lipinski definition) is 7. The number of phosphoric ester groups is 1. The molecule has 8 nitrogen and oxygen atoms in total. The van der Waals surface area contributed by atoms with Crippen LogP contribution >= 0.6 is 7.82 Å². The van der Waals surface area contributed by atoms with Crippen molar-refractivity contribution in [1.82, 2.24) is 0 Å². The summed E-state index contributed by atoms with van der Waals surface area (Å²) in [6, 6.07) is 0. The predicted molar refractivity (Wildman–Crippen MR) is 256 cm³/mol. The van der Waals surface area contributed by atoms with Gasteiger partial charge in [0.05, 0.1) is 19.8 Å². The number of carbonyl (C=O) groups is 1. The van der Waals surface area contributed by atoms with Gasteiger partial charge in [0.2, 0.25) is 0 Å². The minimum atomic E-state index is -4.29. The fourth-order valence-electron chi connectivity index (χ4n) is 6.36. The van der Waals surface area contributed by atoms with E-state index in [1.165, 1.54) is 89.9 Å². The first-order chi connectivity index (χ1) is 29.4. The maximum atomic E-state index is 12.6. The quantitative estimate of drug-likeness (QED) is 0.0269. The van der Waals surface area contributed by atoms with Crippen LogP contribution in [-0.4, -0.2) is 49.9 Å². The lowest BCUT2D eigenvalue weighted by Crippen LogP contribution is -2.28. The maximum Gasteiger partial charge on any atom is 0.472 e. The summed E-state index contributed by atoms with van der Waals surface area (Å²) in [7, 11) is -4.29. The summed E-state index contributed by atoms with van der Waals surface area (Å²) in [5.74, 6) is -0.340. The fourth-order valence-corrected chi connectivity index (χ4v) is 7.12. The van der Waals surface area contributed by atoms with Gasteiger partial charge in [-0.3, -0.25) is 13.8 Å². The van der Waals surface area contributed by atoms with Gasteiger partial charge in [0, 0.05) is 19.6 Å². The van der Waals surface area contributed by atoms with E-state index in [9.17, 15) is 14.3 Å². The number of nitrogens with two attached hydrogens (primary N) is 1. The number of hydrogen-bond donors (Lipinski definition) is 2. The molecule has 0 spiro atoms. The van der Waals surface area contributed by atoms with Crippen LogP contribution in [0, 0.1) is 0 Å². The first-order valence-electron chi connectivity index (χ1n) is 24.1. The monoisotopic (exact) mass is 860 g/mol. The number of allylic oxidation sites excluding steroid dienone is 14. The molecule has 0 aliphatic heterocycles. The molecule has 0 bridgehead atoms. The van der Waals surface area contributed by atoms with E-state index in [0.717, 1.165) is 83.5 Å². The molecule has 0 amide bonds. The summed E-state index contributed by atoms with van der Waals surface area (Å²) in [6.45, 7) is 4.67. The van der Waals surface area contributed by atoms with Gasteiger partial charge < -0.3 is 20.1 Å². The van der Waals surface area contributed by atoms with Gasteiger partial charge in [-0.1, -0.05) is 189 Å². The molecule has 0 saturated heterocycles. The van der Waals surface area contributed by atoms with Crippen LogP contribution < -0.4 is 5.73 Å². The molecule has 0 aliphatic carbocycles. The van der Waals surface area contributed by atoms with Crippen LogP contribution in [0.4, 0.5) is 0 Å². The number of esters is 1. The standard InChI is InChI=1S/C51H90NO7P/c1-3-5-7-9-11-13-15-17-19-21-23-24-25-26-27-28-30-32-34-36-38-40-42-44-51(53)59-50(49-58-60(54,55)57-47-45-52)48-56-46-43-41-39-37-35-33-31-29-22-20-18-16-14-12-10-8-6-4-2/h5-8,11-14,17-20,23-24,50H,3-4,9-10,15-16,21-22,25-49,52H2,1-2H3,(H,54,55)/b7-5-,8-6-,13-11-,14-12-,19-17-,20-18-,24-23-. The molecule has 0 heterocycles. The number of carbonyl (C=O) groups excluding carboxylic acids is 1. The molecule has 3 N–H and O–H groups in total. The zero-order valence-electron chi connectivity index (χ0n) is 38.4. The number of ether oxygens (including phenoxy) is 2. The normalized spacial score (nSPS) is 14.1. The molecule has 0 fully saturated rings. The molecule has 0 aromatic carbocycles. The van der Waals surface area contributed by atoms with Crippen LogP contribution in [-0.2, 0) is 27.9 Å². The van der Waals surface area contributed by atoms with Crippen molar-refractivity contribution >= 4 is 13.8 Å². The number of unbranched alkanes of at least 4 members (excludes halogenated alkanes) is 18. The van der Waals surface area contributed by atoms with Gasteiger partial charge in [-0.05, 0) is 83.5 Å². The summed E-state index contributed by atoms with van der Waals surface area (Å²) in [6.07, 6.45) is 61.8. The highest BCUT2D eigenvalue weighted by molar-refractivity contribution is 7.47. The highest BCUT2D eigenvalue weighted by Gasteiger charge is 2.25. The van der Waals surface area contributed by atoms with Crippen LogP contribution in [0.2, 0.25) is 0 Å². The summed E-state index contributed by atoms with van der Waals surface area (Å²) in [5, 5.41) is 0. The van der Waals surface area contributed by atoms with Crippen LogP contribution in [0.15, 0.2) is 85.1 Å². The third-order valence-electron chi connectivity index (χ3n) is 9.81. The Morgan fingerprint density at radius 3 is 1.32 bits per heavy atom. The molecule has 0 rings (SSSR count). The molecule has 2 atom stereocenters. The van der Waals surface area contributed by atoms with Gasteiger partial charge in [0.25, 0.3) is 0 Å². The zero-order chi connectivity index (χ0) is 43.7. The van der Waals surface area contributed by atoms with Crippen LogP contribution in [0.1, 0.15) is 194 Å². The Labute approximate surface area is 368 Å². The second kappa shape index (κ2) is 47.7. The van der Waals surface area contributed by atoms with Gasteiger partial charge in [0.15, 0.2) is 0 Å². The molecule has 0 aliphatic rings. The van der Waals surface area contributed by atoms with Crippen molar-refractivity contribution < 1.29 is 32.8 Å². The second-order valence-electron chi connectivity index (χ2n) is 15.6. The van der Waals surface area contributed by atoms with Gasteiger partial charge >= 0.3 is 13.8 Å². The van der Waals surface area contributed by atoms with Crippen molar-refractivity contribution in [2.45, 2.75) is 200 Å². The van der Waals surface area contributed by atoms with Gasteiger partial charge in [-0.2, -0.15) is 0 Å². The topological polar surface area (TPSA) is 117 Å². The molecule has 0 aromatic rings. The van der Waals surface area contributed by atoms with Gasteiger partial charge in [-0.15, -0.1) is 0 Å². The Morgan fingerprint density at radius 2 is 0.883 bits per heavy atom. The summed E-state index contributed by atoms with van der Waals surface area (Å²) >= 11 is 0. The summed E-state index contributed by atoms with van der Waals surface area (Å²) in [5.41, 5.74) is 5.38. The number of rotatable bonds is 45. The Bertz CT molecular complexity index is 1190. The predicted octanol–water partition coefficient (Wildman–Crippen LogP) is 14.9. The molecule has 9 heteroatoms. The molecule has 346 valence electrons. The minimum Gasteiger partial charge on any atom is -0.457 e. The van der Waals surface area contributed by atoms with E-state index in [1.807, 2.05) is 0 Å². The van der Waals surface area contributed by atoms with Crippen molar-refractivity contribution in [1.29, 1.82) is 0 Å². The summed E-state index contributed by atoms with van der Waals surface area (Å²) in [4.78, 5) is 22.6. The Kier molecular flexibility index (Phi) is 45.9. The van der Waals surface area contributed by atoms with Crippen molar-refractivity contribution in [3.63, 3.8) is 0 Å². The molecular formula is C51H90NO7P. The van der Waals surface area contributed by atoms with Crippen LogP contribution in [0.3, 0.4) is 0 Å². The molecule has 60 heavy (non-hydrogen) atoms. The average molecular weight is 860 g/mol. The molecule has 0 radical (unpaired) electrons. The SMILES string of the molecule is CC/C=C\C/C=C\C/C=C\C/C=C\CCCCCCCCCCCCC(=O)OC(COCCCCCCCCCC/C=C\C/C=C\C/C=C\CC)COP(=O)(O)OCCN. The van der Waals surface area contributed by atoms with E-state index in [1.54, 1.807) is 0 Å². The Balaban J connectivity index is 4.00. The van der Waals surface area contributed by atoms with E-state index in [4.69, 9.17) is 24.3 Å². The Morgan fingerprint density at radius 1 is 0.500 bits per heavy atom. The van der Waals surface area contributed by atoms with Crippen molar-refractivity contribution in [2.75, 3.05) is 33.0 Å². The molecule has 0 saturated carbocycles. The number of phosphoric acid groups is 1. The first kappa shape index (κ1) is 57.7. The van der Waals surface area contributed by atoms with Crippen LogP contribution in [0.5, 0.6) is 0 Å². The first-order valence-corrected chi connectivity index (χ1v) is 25.6. The lowest BCUT2D eigenvalue weighted by atomic mass is 10.0. The van der Waals surface area contributed by atoms with E-state index in [-0.39, 0.29) is 32.3 Å². The largest absolute Gasteiger partial charge is 0.472 e. The zero-order valence-corrected chi connectivity index (χ0v) is 39.3. The van der Waals surface area contributed by atoms with Gasteiger partial charge in [-0.25, -0.2) is 4.57 Å². The Hall–Kier alpha value is -2.32.